The van der Waals surface area contributed by atoms with E-state index in [1.54, 1.807) is 0 Å². The SMILES string of the molecule is CCC(CC)(C(=O)NC1CCc2ccccc2C1)C(N)=S. The Bertz CT molecular complexity index is 537. The average molecular weight is 304 g/mol. The van der Waals surface area contributed by atoms with E-state index in [-0.39, 0.29) is 11.9 Å². The van der Waals surface area contributed by atoms with Gasteiger partial charge in [-0.2, -0.15) is 0 Å². The smallest absolute Gasteiger partial charge is 0.233 e. The molecule has 0 aromatic heterocycles. The van der Waals surface area contributed by atoms with E-state index in [1.165, 1.54) is 11.1 Å². The largest absolute Gasteiger partial charge is 0.392 e. The number of hydrogen-bond acceptors (Lipinski definition) is 2. The number of thiocarbonyl (C=S) groups is 1. The van der Waals surface area contributed by atoms with E-state index in [4.69, 9.17) is 18.0 Å². The van der Waals surface area contributed by atoms with E-state index >= 15 is 0 Å². The standard InChI is InChI=1S/C17H24N2OS/c1-3-17(4-2,15(18)21)16(20)19-14-10-9-12-7-5-6-8-13(12)11-14/h5-8,14H,3-4,9-11H2,1-2H3,(H2,18,21)(H,19,20). The zero-order chi connectivity index (χ0) is 15.5. The third-order valence-corrected chi connectivity index (χ3v) is 5.19. The Balaban J connectivity index is 2.09. The lowest BCUT2D eigenvalue weighted by Gasteiger charge is -2.33. The number of amides is 1. The molecule has 0 fully saturated rings. The van der Waals surface area contributed by atoms with Gasteiger partial charge in [-0.15, -0.1) is 0 Å². The van der Waals surface area contributed by atoms with Gasteiger partial charge in [-0.1, -0.05) is 50.3 Å². The van der Waals surface area contributed by atoms with E-state index in [0.29, 0.717) is 17.8 Å². The summed E-state index contributed by atoms with van der Waals surface area (Å²) in [6, 6.07) is 8.63. The highest BCUT2D eigenvalue weighted by Crippen LogP contribution is 2.28. The number of hydrogen-bond donors (Lipinski definition) is 2. The molecule has 4 heteroatoms. The summed E-state index contributed by atoms with van der Waals surface area (Å²) in [5.41, 5.74) is 7.88. The second-order valence-electron chi connectivity index (χ2n) is 5.84. The van der Waals surface area contributed by atoms with E-state index in [2.05, 4.69) is 29.6 Å². The zero-order valence-corrected chi connectivity index (χ0v) is 13.6. The number of rotatable bonds is 5. The molecule has 0 saturated carbocycles. The fraction of sp³-hybridized carbons (Fsp3) is 0.529. The van der Waals surface area contributed by atoms with Crippen LogP contribution in [-0.4, -0.2) is 16.9 Å². The summed E-state index contributed by atoms with van der Waals surface area (Å²) in [7, 11) is 0. The van der Waals surface area contributed by atoms with Gasteiger partial charge in [0.2, 0.25) is 5.91 Å². The lowest BCUT2D eigenvalue weighted by molar-refractivity contribution is -0.128. The van der Waals surface area contributed by atoms with Crippen molar-refractivity contribution >= 4 is 23.1 Å². The first-order chi connectivity index (χ1) is 10.0. The summed E-state index contributed by atoms with van der Waals surface area (Å²) < 4.78 is 0. The maximum absolute atomic E-state index is 12.7. The van der Waals surface area contributed by atoms with Gasteiger partial charge in [0.05, 0.1) is 10.4 Å². The van der Waals surface area contributed by atoms with Crippen molar-refractivity contribution in [3.05, 3.63) is 35.4 Å². The number of carbonyl (C=O) groups is 1. The summed E-state index contributed by atoms with van der Waals surface area (Å²) in [5.74, 6) is -0.00983. The summed E-state index contributed by atoms with van der Waals surface area (Å²) in [4.78, 5) is 13.0. The van der Waals surface area contributed by atoms with Crippen molar-refractivity contribution in [2.24, 2.45) is 11.1 Å². The number of aryl methyl sites for hydroxylation is 1. The predicted molar refractivity (Wildman–Crippen MR) is 90.2 cm³/mol. The molecule has 0 spiro atoms. The molecule has 2 rings (SSSR count). The Morgan fingerprint density at radius 2 is 1.95 bits per heavy atom. The van der Waals surface area contributed by atoms with Crippen molar-refractivity contribution in [3.8, 4) is 0 Å². The first kappa shape index (κ1) is 16.0. The van der Waals surface area contributed by atoms with Gasteiger partial charge in [-0.3, -0.25) is 4.79 Å². The zero-order valence-electron chi connectivity index (χ0n) is 12.8. The number of nitrogens with two attached hydrogens (primary N) is 1. The summed E-state index contributed by atoms with van der Waals surface area (Å²) in [6.45, 7) is 3.94. The van der Waals surface area contributed by atoms with Crippen LogP contribution in [-0.2, 0) is 17.6 Å². The van der Waals surface area contributed by atoms with Crippen LogP contribution in [0.25, 0.3) is 0 Å². The fourth-order valence-electron chi connectivity index (χ4n) is 3.18. The van der Waals surface area contributed by atoms with Crippen LogP contribution in [0, 0.1) is 5.41 Å². The molecule has 1 atom stereocenters. The molecule has 1 aromatic carbocycles. The van der Waals surface area contributed by atoms with Gasteiger partial charge in [0.15, 0.2) is 0 Å². The Kier molecular flexibility index (Phi) is 4.99. The normalized spacial score (nSPS) is 17.9. The molecule has 1 aliphatic rings. The van der Waals surface area contributed by atoms with Crippen molar-refractivity contribution in [3.63, 3.8) is 0 Å². The Labute approximate surface area is 132 Å². The third kappa shape index (κ3) is 3.10. The van der Waals surface area contributed by atoms with Crippen LogP contribution in [0.2, 0.25) is 0 Å². The summed E-state index contributed by atoms with van der Waals surface area (Å²) >= 11 is 5.15. The molecule has 1 aromatic rings. The molecule has 1 aliphatic carbocycles. The van der Waals surface area contributed by atoms with E-state index in [1.807, 2.05) is 13.8 Å². The lowest BCUT2D eigenvalue weighted by atomic mass is 9.80. The quantitative estimate of drug-likeness (QED) is 0.822. The van der Waals surface area contributed by atoms with Crippen molar-refractivity contribution in [2.75, 3.05) is 0 Å². The highest BCUT2D eigenvalue weighted by atomic mass is 32.1. The molecule has 1 amide bonds. The number of carbonyl (C=O) groups excluding carboxylic acids is 1. The van der Waals surface area contributed by atoms with Gasteiger partial charge in [0, 0.05) is 6.04 Å². The van der Waals surface area contributed by atoms with E-state index in [0.717, 1.165) is 19.3 Å². The average Bonchev–Trinajstić information content (AvgIpc) is 2.48. The van der Waals surface area contributed by atoms with Gasteiger partial charge in [0.25, 0.3) is 0 Å². The summed E-state index contributed by atoms with van der Waals surface area (Å²) in [5, 5.41) is 3.18. The molecule has 3 N–H and O–H groups in total. The first-order valence-electron chi connectivity index (χ1n) is 7.71. The predicted octanol–water partition coefficient (Wildman–Crippen LogP) is 2.75. The second-order valence-corrected chi connectivity index (χ2v) is 6.28. The van der Waals surface area contributed by atoms with Crippen molar-refractivity contribution in [1.82, 2.24) is 5.32 Å². The number of benzene rings is 1. The van der Waals surface area contributed by atoms with Gasteiger partial charge < -0.3 is 11.1 Å². The molecular weight excluding hydrogens is 280 g/mol. The van der Waals surface area contributed by atoms with Crippen LogP contribution < -0.4 is 11.1 Å². The Hall–Kier alpha value is -1.42. The minimum absolute atomic E-state index is 0.00983. The Morgan fingerprint density at radius 1 is 1.33 bits per heavy atom. The molecule has 21 heavy (non-hydrogen) atoms. The molecule has 0 heterocycles. The molecule has 1 unspecified atom stereocenters. The minimum atomic E-state index is -0.702. The van der Waals surface area contributed by atoms with Gasteiger partial charge in [-0.25, -0.2) is 0 Å². The molecule has 3 nitrogen and oxygen atoms in total. The molecule has 0 saturated heterocycles. The third-order valence-electron chi connectivity index (χ3n) is 4.80. The monoisotopic (exact) mass is 304 g/mol. The maximum Gasteiger partial charge on any atom is 0.233 e. The van der Waals surface area contributed by atoms with E-state index < -0.39 is 5.41 Å². The van der Waals surface area contributed by atoms with Crippen LogP contribution in [0.1, 0.15) is 44.2 Å². The van der Waals surface area contributed by atoms with Gasteiger partial charge in [0.1, 0.15) is 0 Å². The van der Waals surface area contributed by atoms with Crippen molar-refractivity contribution < 1.29 is 4.79 Å². The molecule has 114 valence electrons. The maximum atomic E-state index is 12.7. The number of nitrogens with one attached hydrogen (secondary N) is 1. The molecule has 0 aliphatic heterocycles. The van der Waals surface area contributed by atoms with Crippen molar-refractivity contribution in [2.45, 2.75) is 52.0 Å². The lowest BCUT2D eigenvalue weighted by Crippen LogP contribution is -2.52. The van der Waals surface area contributed by atoms with Crippen LogP contribution in [0.4, 0.5) is 0 Å². The molecular formula is C17H24N2OS. The topological polar surface area (TPSA) is 55.1 Å². The van der Waals surface area contributed by atoms with Crippen LogP contribution >= 0.6 is 12.2 Å². The number of fused-ring (bicyclic) bond motifs is 1. The highest BCUT2D eigenvalue weighted by molar-refractivity contribution is 7.80. The van der Waals surface area contributed by atoms with Gasteiger partial charge in [-0.05, 0) is 43.2 Å². The van der Waals surface area contributed by atoms with Crippen LogP contribution in [0.3, 0.4) is 0 Å². The van der Waals surface area contributed by atoms with E-state index in [9.17, 15) is 4.79 Å². The Morgan fingerprint density at radius 3 is 2.52 bits per heavy atom. The van der Waals surface area contributed by atoms with Crippen LogP contribution in [0.15, 0.2) is 24.3 Å². The second kappa shape index (κ2) is 6.56. The van der Waals surface area contributed by atoms with Crippen molar-refractivity contribution in [1.29, 1.82) is 0 Å². The summed E-state index contributed by atoms with van der Waals surface area (Å²) in [6.07, 6.45) is 4.17. The first-order valence-corrected chi connectivity index (χ1v) is 8.12. The highest BCUT2D eigenvalue weighted by Gasteiger charge is 2.39. The van der Waals surface area contributed by atoms with Crippen LogP contribution in [0.5, 0.6) is 0 Å². The molecule has 0 bridgehead atoms. The molecule has 0 radical (unpaired) electrons. The fourth-order valence-corrected chi connectivity index (χ4v) is 3.56. The van der Waals surface area contributed by atoms with Gasteiger partial charge >= 0.3 is 0 Å². The minimum Gasteiger partial charge on any atom is -0.392 e.